The molecule has 21 heavy (non-hydrogen) atoms. The van der Waals surface area contributed by atoms with Gasteiger partial charge in [-0.3, -0.25) is 4.79 Å². The SMILES string of the molecule is CC(=O)COc1ccccc1OC(=O)c1ccc(Br)cc1. The van der Waals surface area contributed by atoms with Crippen molar-refractivity contribution in [1.82, 2.24) is 0 Å². The van der Waals surface area contributed by atoms with E-state index in [0.717, 1.165) is 4.47 Å². The minimum Gasteiger partial charge on any atom is -0.482 e. The van der Waals surface area contributed by atoms with Gasteiger partial charge in [0.05, 0.1) is 5.56 Å². The summed E-state index contributed by atoms with van der Waals surface area (Å²) in [7, 11) is 0. The van der Waals surface area contributed by atoms with E-state index < -0.39 is 5.97 Å². The third-order valence-corrected chi connectivity index (χ3v) is 3.09. The minimum atomic E-state index is -0.485. The molecule has 0 heterocycles. The van der Waals surface area contributed by atoms with E-state index in [1.165, 1.54) is 6.92 Å². The lowest BCUT2D eigenvalue weighted by Gasteiger charge is -2.10. The molecule has 2 aromatic rings. The summed E-state index contributed by atoms with van der Waals surface area (Å²) in [6, 6.07) is 13.6. The normalized spacial score (nSPS) is 10.0. The topological polar surface area (TPSA) is 52.6 Å². The average molecular weight is 349 g/mol. The van der Waals surface area contributed by atoms with E-state index in [1.807, 2.05) is 0 Å². The lowest BCUT2D eigenvalue weighted by molar-refractivity contribution is -0.118. The van der Waals surface area contributed by atoms with Crippen molar-refractivity contribution in [3.63, 3.8) is 0 Å². The number of rotatable bonds is 5. The number of benzene rings is 2. The predicted octanol–water partition coefficient (Wildman–Crippen LogP) is 3.64. The highest BCUT2D eigenvalue weighted by atomic mass is 79.9. The van der Waals surface area contributed by atoms with E-state index in [4.69, 9.17) is 9.47 Å². The monoisotopic (exact) mass is 348 g/mol. The van der Waals surface area contributed by atoms with E-state index in [2.05, 4.69) is 15.9 Å². The lowest BCUT2D eigenvalue weighted by atomic mass is 10.2. The van der Waals surface area contributed by atoms with Crippen molar-refractivity contribution in [2.75, 3.05) is 6.61 Å². The lowest BCUT2D eigenvalue weighted by Crippen LogP contribution is -2.11. The molecular formula is C16H13BrO4. The van der Waals surface area contributed by atoms with Crippen molar-refractivity contribution in [2.24, 2.45) is 0 Å². The van der Waals surface area contributed by atoms with E-state index in [0.29, 0.717) is 11.3 Å². The van der Waals surface area contributed by atoms with Gasteiger partial charge >= 0.3 is 5.97 Å². The summed E-state index contributed by atoms with van der Waals surface area (Å²) in [5.74, 6) is 0.0512. The van der Waals surface area contributed by atoms with Crippen LogP contribution >= 0.6 is 15.9 Å². The average Bonchev–Trinajstić information content (AvgIpc) is 2.47. The largest absolute Gasteiger partial charge is 0.482 e. The van der Waals surface area contributed by atoms with Crippen molar-refractivity contribution in [3.8, 4) is 11.5 Å². The maximum Gasteiger partial charge on any atom is 0.343 e. The first-order valence-electron chi connectivity index (χ1n) is 6.25. The van der Waals surface area contributed by atoms with E-state index in [1.54, 1.807) is 48.5 Å². The number of ketones is 1. The third kappa shape index (κ3) is 4.43. The molecule has 108 valence electrons. The Kier molecular flexibility index (Phi) is 5.11. The first kappa shape index (κ1) is 15.3. The number of hydrogen-bond acceptors (Lipinski definition) is 4. The molecule has 0 saturated heterocycles. The fraction of sp³-hybridized carbons (Fsp3) is 0.125. The summed E-state index contributed by atoms with van der Waals surface area (Å²) < 4.78 is 11.5. The van der Waals surface area contributed by atoms with Gasteiger partial charge in [0.25, 0.3) is 0 Å². The molecule has 0 aromatic heterocycles. The van der Waals surface area contributed by atoms with Gasteiger partial charge in [-0.2, -0.15) is 0 Å². The summed E-state index contributed by atoms with van der Waals surface area (Å²) in [4.78, 5) is 23.0. The highest BCUT2D eigenvalue weighted by Crippen LogP contribution is 2.27. The zero-order chi connectivity index (χ0) is 15.2. The molecule has 0 aliphatic heterocycles. The van der Waals surface area contributed by atoms with Gasteiger partial charge < -0.3 is 9.47 Å². The summed E-state index contributed by atoms with van der Waals surface area (Å²) in [5.41, 5.74) is 0.430. The van der Waals surface area contributed by atoms with Crippen LogP contribution in [0.25, 0.3) is 0 Å². The molecular weight excluding hydrogens is 336 g/mol. The van der Waals surface area contributed by atoms with Crippen LogP contribution in [-0.2, 0) is 4.79 Å². The molecule has 0 fully saturated rings. The maximum absolute atomic E-state index is 12.1. The molecule has 0 atom stereocenters. The molecule has 0 radical (unpaired) electrons. The summed E-state index contributed by atoms with van der Waals surface area (Å²) in [6.45, 7) is 1.36. The Morgan fingerprint density at radius 3 is 2.24 bits per heavy atom. The van der Waals surface area contributed by atoms with E-state index >= 15 is 0 Å². The summed E-state index contributed by atoms with van der Waals surface area (Å²) >= 11 is 3.30. The fourth-order valence-corrected chi connectivity index (χ4v) is 1.84. The first-order chi connectivity index (χ1) is 10.1. The smallest absolute Gasteiger partial charge is 0.343 e. The van der Waals surface area contributed by atoms with Crippen molar-refractivity contribution in [3.05, 3.63) is 58.6 Å². The molecule has 0 spiro atoms. The minimum absolute atomic E-state index is 0.0627. The van der Waals surface area contributed by atoms with Crippen LogP contribution < -0.4 is 9.47 Å². The Balaban J connectivity index is 2.13. The molecule has 5 heteroatoms. The number of esters is 1. The second-order valence-electron chi connectivity index (χ2n) is 4.33. The summed E-state index contributed by atoms with van der Waals surface area (Å²) in [6.07, 6.45) is 0. The number of hydrogen-bond donors (Lipinski definition) is 0. The van der Waals surface area contributed by atoms with Crippen LogP contribution in [-0.4, -0.2) is 18.4 Å². The fourth-order valence-electron chi connectivity index (χ4n) is 1.58. The predicted molar refractivity (Wildman–Crippen MR) is 81.7 cm³/mol. The van der Waals surface area contributed by atoms with Gasteiger partial charge in [-0.15, -0.1) is 0 Å². The van der Waals surface area contributed by atoms with Gasteiger partial charge in [0.1, 0.15) is 6.61 Å². The number of ether oxygens (including phenoxy) is 2. The Morgan fingerprint density at radius 1 is 1.00 bits per heavy atom. The maximum atomic E-state index is 12.1. The van der Waals surface area contributed by atoms with E-state index in [-0.39, 0.29) is 18.1 Å². The summed E-state index contributed by atoms with van der Waals surface area (Å²) in [5, 5.41) is 0. The van der Waals surface area contributed by atoms with Crippen LogP contribution in [0.5, 0.6) is 11.5 Å². The quantitative estimate of drug-likeness (QED) is 0.611. The number of carbonyl (C=O) groups excluding carboxylic acids is 2. The van der Waals surface area contributed by atoms with Gasteiger partial charge in [0.2, 0.25) is 0 Å². The van der Waals surface area contributed by atoms with Crippen LogP contribution in [0.1, 0.15) is 17.3 Å². The second kappa shape index (κ2) is 7.04. The van der Waals surface area contributed by atoms with Crippen LogP contribution in [0.2, 0.25) is 0 Å². The highest BCUT2D eigenvalue weighted by molar-refractivity contribution is 9.10. The van der Waals surface area contributed by atoms with Gasteiger partial charge in [-0.25, -0.2) is 4.79 Å². The van der Waals surface area contributed by atoms with E-state index in [9.17, 15) is 9.59 Å². The Bertz CT molecular complexity index is 650. The first-order valence-corrected chi connectivity index (χ1v) is 7.04. The van der Waals surface area contributed by atoms with Crippen LogP contribution in [0, 0.1) is 0 Å². The van der Waals surface area contributed by atoms with Crippen molar-refractivity contribution in [2.45, 2.75) is 6.92 Å². The molecule has 4 nitrogen and oxygen atoms in total. The molecule has 0 aliphatic carbocycles. The van der Waals surface area contributed by atoms with Gasteiger partial charge in [-0.1, -0.05) is 28.1 Å². The Hall–Kier alpha value is -2.14. The zero-order valence-corrected chi connectivity index (χ0v) is 12.9. The molecule has 0 bridgehead atoms. The number of Topliss-reactive ketones (excluding diaryl/α,β-unsaturated/α-hetero) is 1. The number of carbonyl (C=O) groups is 2. The second-order valence-corrected chi connectivity index (χ2v) is 5.25. The van der Waals surface area contributed by atoms with Crippen molar-refractivity contribution >= 4 is 27.7 Å². The molecule has 0 aliphatic rings. The molecule has 0 amide bonds. The van der Waals surface area contributed by atoms with Crippen LogP contribution in [0.3, 0.4) is 0 Å². The standard InChI is InChI=1S/C16H13BrO4/c1-11(18)10-20-14-4-2-3-5-15(14)21-16(19)12-6-8-13(17)9-7-12/h2-9H,10H2,1H3. The van der Waals surface area contributed by atoms with Gasteiger partial charge in [0.15, 0.2) is 17.3 Å². The molecule has 2 rings (SSSR count). The van der Waals surface area contributed by atoms with Gasteiger partial charge in [0, 0.05) is 4.47 Å². The van der Waals surface area contributed by atoms with Crippen molar-refractivity contribution < 1.29 is 19.1 Å². The number of para-hydroxylation sites is 2. The highest BCUT2D eigenvalue weighted by Gasteiger charge is 2.12. The molecule has 0 N–H and O–H groups in total. The van der Waals surface area contributed by atoms with Gasteiger partial charge in [-0.05, 0) is 43.3 Å². The van der Waals surface area contributed by atoms with Crippen LogP contribution in [0.4, 0.5) is 0 Å². The molecule has 0 saturated carbocycles. The van der Waals surface area contributed by atoms with Crippen LogP contribution in [0.15, 0.2) is 53.0 Å². The number of halogens is 1. The Labute approximate surface area is 130 Å². The molecule has 0 unspecified atom stereocenters. The Morgan fingerprint density at radius 2 is 1.62 bits per heavy atom. The zero-order valence-electron chi connectivity index (χ0n) is 11.3. The third-order valence-electron chi connectivity index (χ3n) is 2.56. The van der Waals surface area contributed by atoms with Crippen molar-refractivity contribution in [1.29, 1.82) is 0 Å². The molecule has 2 aromatic carbocycles.